The van der Waals surface area contributed by atoms with E-state index in [1.165, 1.54) is 20.2 Å². The number of rotatable bonds is 5. The smallest absolute Gasteiger partial charge is 0.244 e. The second kappa shape index (κ2) is 7.87. The van der Waals surface area contributed by atoms with Crippen LogP contribution in [0.15, 0.2) is 45.8 Å². The second-order valence-corrected chi connectivity index (χ2v) is 9.07. The first-order valence-electron chi connectivity index (χ1n) is 8.18. The van der Waals surface area contributed by atoms with Crippen LogP contribution >= 0.6 is 15.9 Å². The molecule has 2 aromatic rings. The SMILES string of the molecule is CN(C)S(=O)(=O)c1ccccc1NC(=O)Cc1cc2c(cc1Br)OCCO2. The molecule has 2 aromatic carbocycles. The van der Waals surface area contributed by atoms with Crippen LogP contribution in [0.4, 0.5) is 5.69 Å². The minimum atomic E-state index is -3.67. The van der Waals surface area contributed by atoms with Gasteiger partial charge in [-0.1, -0.05) is 28.1 Å². The van der Waals surface area contributed by atoms with Crippen molar-refractivity contribution in [2.24, 2.45) is 0 Å². The molecule has 1 aliphatic rings. The van der Waals surface area contributed by atoms with Crippen LogP contribution in [0, 0.1) is 0 Å². The summed E-state index contributed by atoms with van der Waals surface area (Å²) in [5, 5.41) is 2.69. The fraction of sp³-hybridized carbons (Fsp3) is 0.278. The van der Waals surface area contributed by atoms with Gasteiger partial charge in [0.1, 0.15) is 18.1 Å². The predicted molar refractivity (Wildman–Crippen MR) is 105 cm³/mol. The lowest BCUT2D eigenvalue weighted by molar-refractivity contribution is -0.115. The summed E-state index contributed by atoms with van der Waals surface area (Å²) in [6.45, 7) is 0.937. The highest BCUT2D eigenvalue weighted by Crippen LogP contribution is 2.36. The Bertz CT molecular complexity index is 976. The zero-order valence-corrected chi connectivity index (χ0v) is 17.3. The van der Waals surface area contributed by atoms with Gasteiger partial charge in [-0.2, -0.15) is 0 Å². The molecule has 0 bridgehead atoms. The maximum atomic E-state index is 12.5. The molecule has 0 aromatic heterocycles. The number of nitrogens with one attached hydrogen (secondary N) is 1. The van der Waals surface area contributed by atoms with E-state index in [0.717, 1.165) is 8.78 Å². The summed E-state index contributed by atoms with van der Waals surface area (Å²) in [6.07, 6.45) is 0.0492. The highest BCUT2D eigenvalue weighted by atomic mass is 79.9. The Hall–Kier alpha value is -2.10. The van der Waals surface area contributed by atoms with Crippen LogP contribution in [0.1, 0.15) is 5.56 Å². The first-order valence-corrected chi connectivity index (χ1v) is 10.4. The fourth-order valence-electron chi connectivity index (χ4n) is 2.60. The number of halogens is 1. The van der Waals surface area contributed by atoms with Crippen LogP contribution < -0.4 is 14.8 Å². The molecule has 0 saturated carbocycles. The third kappa shape index (κ3) is 4.26. The summed E-state index contributed by atoms with van der Waals surface area (Å²) >= 11 is 3.44. The van der Waals surface area contributed by atoms with E-state index in [1.54, 1.807) is 30.3 Å². The van der Waals surface area contributed by atoms with Crippen molar-refractivity contribution < 1.29 is 22.7 Å². The van der Waals surface area contributed by atoms with E-state index in [0.29, 0.717) is 30.3 Å². The van der Waals surface area contributed by atoms with Gasteiger partial charge in [-0.3, -0.25) is 4.79 Å². The summed E-state index contributed by atoms with van der Waals surface area (Å²) < 4.78 is 37.8. The van der Waals surface area contributed by atoms with Crippen molar-refractivity contribution >= 4 is 37.5 Å². The Morgan fingerprint density at radius 2 is 1.78 bits per heavy atom. The quantitative estimate of drug-likeness (QED) is 0.750. The Balaban J connectivity index is 1.82. The van der Waals surface area contributed by atoms with E-state index in [9.17, 15) is 13.2 Å². The lowest BCUT2D eigenvalue weighted by Crippen LogP contribution is -2.24. The fourth-order valence-corrected chi connectivity index (χ4v) is 4.10. The summed E-state index contributed by atoms with van der Waals surface area (Å²) in [5.74, 6) is 0.872. The Labute approximate surface area is 166 Å². The molecule has 0 saturated heterocycles. The van der Waals surface area contributed by atoms with Gasteiger partial charge < -0.3 is 14.8 Å². The molecular formula is C18H19BrN2O5S. The number of carbonyl (C=O) groups is 1. The number of nitrogens with zero attached hydrogens (tertiary/aromatic N) is 1. The zero-order chi connectivity index (χ0) is 19.6. The first kappa shape index (κ1) is 19.7. The van der Waals surface area contributed by atoms with Gasteiger partial charge in [0.15, 0.2) is 11.5 Å². The highest BCUT2D eigenvalue weighted by Gasteiger charge is 2.22. The first-order chi connectivity index (χ1) is 12.8. The van der Waals surface area contributed by atoms with Crippen LogP contribution in [-0.4, -0.2) is 45.9 Å². The summed E-state index contributed by atoms with van der Waals surface area (Å²) in [6, 6.07) is 9.83. The normalized spacial score (nSPS) is 13.5. The number of carbonyl (C=O) groups excluding carboxylic acids is 1. The maximum Gasteiger partial charge on any atom is 0.244 e. The monoisotopic (exact) mass is 454 g/mol. The summed E-state index contributed by atoms with van der Waals surface area (Å²) in [5.41, 5.74) is 0.953. The number of anilines is 1. The third-order valence-corrected chi connectivity index (χ3v) is 6.59. The topological polar surface area (TPSA) is 84.9 Å². The Kier molecular flexibility index (Phi) is 5.73. The number of benzene rings is 2. The molecule has 0 atom stereocenters. The van der Waals surface area contributed by atoms with Gasteiger partial charge in [0.2, 0.25) is 15.9 Å². The molecule has 1 amide bonds. The molecule has 0 spiro atoms. The number of fused-ring (bicyclic) bond motifs is 1. The highest BCUT2D eigenvalue weighted by molar-refractivity contribution is 9.10. The lowest BCUT2D eigenvalue weighted by Gasteiger charge is -2.20. The van der Waals surface area contributed by atoms with Gasteiger partial charge in [0.05, 0.1) is 12.1 Å². The molecule has 144 valence electrons. The van der Waals surface area contributed by atoms with E-state index < -0.39 is 10.0 Å². The Morgan fingerprint density at radius 3 is 2.44 bits per heavy atom. The van der Waals surface area contributed by atoms with Crippen LogP contribution in [0.5, 0.6) is 11.5 Å². The molecule has 1 N–H and O–H groups in total. The van der Waals surface area contributed by atoms with Crippen molar-refractivity contribution in [2.45, 2.75) is 11.3 Å². The number of ether oxygens (including phenoxy) is 2. The van der Waals surface area contributed by atoms with E-state index in [-0.39, 0.29) is 22.9 Å². The van der Waals surface area contributed by atoms with Crippen LogP contribution in [0.25, 0.3) is 0 Å². The maximum absolute atomic E-state index is 12.5. The third-order valence-electron chi connectivity index (χ3n) is 3.98. The van der Waals surface area contributed by atoms with Crippen LogP contribution in [0.3, 0.4) is 0 Å². The van der Waals surface area contributed by atoms with Crippen molar-refractivity contribution in [3.63, 3.8) is 0 Å². The molecule has 0 aliphatic carbocycles. The van der Waals surface area contributed by atoms with Crippen LogP contribution in [0.2, 0.25) is 0 Å². The molecule has 1 heterocycles. The van der Waals surface area contributed by atoms with Gasteiger partial charge in [-0.05, 0) is 29.8 Å². The number of sulfonamides is 1. The average molecular weight is 455 g/mol. The molecule has 0 unspecified atom stereocenters. The Morgan fingerprint density at radius 1 is 1.15 bits per heavy atom. The standard InChI is InChI=1S/C18H19BrN2O5S/c1-21(2)27(23,24)17-6-4-3-5-14(17)20-18(22)10-12-9-15-16(11-13(12)19)26-8-7-25-15/h3-6,9,11H,7-8,10H2,1-2H3,(H,20,22). The molecule has 3 rings (SSSR count). The number of amides is 1. The predicted octanol–water partition coefficient (Wildman–Crippen LogP) is 2.65. The van der Waals surface area contributed by atoms with Gasteiger partial charge >= 0.3 is 0 Å². The van der Waals surface area contributed by atoms with E-state index in [1.807, 2.05) is 0 Å². The lowest BCUT2D eigenvalue weighted by atomic mass is 10.1. The largest absolute Gasteiger partial charge is 0.486 e. The van der Waals surface area contributed by atoms with Crippen molar-refractivity contribution in [1.82, 2.24) is 4.31 Å². The zero-order valence-electron chi connectivity index (χ0n) is 14.9. The molecule has 1 aliphatic heterocycles. The van der Waals surface area contributed by atoms with E-state index in [4.69, 9.17) is 9.47 Å². The number of hydrogen-bond acceptors (Lipinski definition) is 5. The average Bonchev–Trinajstić information content (AvgIpc) is 2.62. The number of para-hydroxylation sites is 1. The molecule has 0 fully saturated rings. The summed E-state index contributed by atoms with van der Waals surface area (Å²) in [7, 11) is -0.784. The van der Waals surface area contributed by atoms with Gasteiger partial charge in [-0.25, -0.2) is 12.7 Å². The second-order valence-electron chi connectivity index (χ2n) is 6.10. The van der Waals surface area contributed by atoms with Crippen molar-refractivity contribution in [1.29, 1.82) is 0 Å². The minimum Gasteiger partial charge on any atom is -0.486 e. The van der Waals surface area contributed by atoms with Gasteiger partial charge in [0, 0.05) is 18.6 Å². The molecule has 9 heteroatoms. The van der Waals surface area contributed by atoms with Gasteiger partial charge in [-0.15, -0.1) is 0 Å². The molecule has 0 radical (unpaired) electrons. The van der Waals surface area contributed by atoms with Crippen molar-refractivity contribution in [3.05, 3.63) is 46.4 Å². The van der Waals surface area contributed by atoms with E-state index >= 15 is 0 Å². The molecular weight excluding hydrogens is 436 g/mol. The van der Waals surface area contributed by atoms with Crippen molar-refractivity contribution in [2.75, 3.05) is 32.6 Å². The number of hydrogen-bond donors (Lipinski definition) is 1. The van der Waals surface area contributed by atoms with Gasteiger partial charge in [0.25, 0.3) is 0 Å². The molecule has 7 nitrogen and oxygen atoms in total. The minimum absolute atomic E-state index is 0.0459. The van der Waals surface area contributed by atoms with Crippen LogP contribution in [-0.2, 0) is 21.2 Å². The van der Waals surface area contributed by atoms with E-state index in [2.05, 4.69) is 21.2 Å². The van der Waals surface area contributed by atoms with Crippen molar-refractivity contribution in [3.8, 4) is 11.5 Å². The summed E-state index contributed by atoms with van der Waals surface area (Å²) in [4.78, 5) is 12.6. The molecule has 27 heavy (non-hydrogen) atoms.